The minimum atomic E-state index is -0.180. The summed E-state index contributed by atoms with van der Waals surface area (Å²) in [6.45, 7) is 13.1. The predicted molar refractivity (Wildman–Crippen MR) is 144 cm³/mol. The zero-order chi connectivity index (χ0) is 25.7. The number of hydrogen-bond donors (Lipinski definition) is 1. The van der Waals surface area contributed by atoms with E-state index in [4.69, 9.17) is 0 Å². The Morgan fingerprint density at radius 2 is 1.56 bits per heavy atom. The zero-order valence-corrected chi connectivity index (χ0v) is 21.8. The van der Waals surface area contributed by atoms with Crippen LogP contribution in [0.5, 0.6) is 0 Å². The van der Waals surface area contributed by atoms with Crippen LogP contribution in [0, 0.1) is 5.92 Å². The number of nitrogens with one attached hydrogen (secondary N) is 1. The lowest BCUT2D eigenvalue weighted by molar-refractivity contribution is -0.123. The molecular weight excluding hydrogens is 452 g/mol. The van der Waals surface area contributed by atoms with E-state index < -0.39 is 0 Å². The Labute approximate surface area is 213 Å². The lowest BCUT2D eigenvalue weighted by atomic mass is 9.97. The van der Waals surface area contributed by atoms with E-state index in [1.807, 2.05) is 56.3 Å². The smallest absolute Gasteiger partial charge is 0.350 e. The number of anilines is 1. The van der Waals surface area contributed by atoms with Crippen LogP contribution < -0.4 is 15.9 Å². The van der Waals surface area contributed by atoms with Crippen LogP contribution in [0.25, 0.3) is 5.69 Å². The Hall–Kier alpha value is -3.39. The molecule has 1 N–H and O–H groups in total. The number of piperazine rings is 1. The number of aromatic nitrogens is 3. The molecule has 1 aliphatic heterocycles. The third-order valence-electron chi connectivity index (χ3n) is 6.69. The molecule has 4 rings (SSSR count). The maximum atomic E-state index is 13.0. The van der Waals surface area contributed by atoms with Crippen molar-refractivity contribution in [2.24, 2.45) is 5.92 Å². The lowest BCUT2D eigenvalue weighted by Crippen LogP contribution is -2.49. The largest absolute Gasteiger partial charge is 0.369 e. The molecular formula is C28H38N6O2. The molecule has 1 atom stereocenters. The molecule has 1 unspecified atom stereocenters. The quantitative estimate of drug-likeness (QED) is 0.498. The van der Waals surface area contributed by atoms with Crippen LogP contribution in [0.1, 0.15) is 45.2 Å². The van der Waals surface area contributed by atoms with Crippen LogP contribution in [-0.4, -0.2) is 64.4 Å². The summed E-state index contributed by atoms with van der Waals surface area (Å²) in [7, 11) is 0. The topological polar surface area (TPSA) is 75.4 Å². The number of carbonyl (C=O) groups excluding carboxylic acids is 1. The van der Waals surface area contributed by atoms with E-state index in [1.54, 1.807) is 10.9 Å². The van der Waals surface area contributed by atoms with E-state index in [-0.39, 0.29) is 23.6 Å². The van der Waals surface area contributed by atoms with Gasteiger partial charge >= 0.3 is 5.69 Å². The molecule has 8 heteroatoms. The van der Waals surface area contributed by atoms with Gasteiger partial charge in [-0.25, -0.2) is 14.0 Å². The number of nitrogens with zero attached hydrogens (tertiary/aromatic N) is 5. The number of rotatable bonds is 9. The van der Waals surface area contributed by atoms with Crippen molar-refractivity contribution in [1.29, 1.82) is 0 Å². The Morgan fingerprint density at radius 1 is 0.917 bits per heavy atom. The molecule has 0 saturated carbocycles. The number of benzene rings is 2. The number of amides is 1. The molecule has 1 aliphatic rings. The average Bonchev–Trinajstić information content (AvgIpc) is 3.28. The Bertz CT molecular complexity index is 1170. The monoisotopic (exact) mass is 490 g/mol. The highest BCUT2D eigenvalue weighted by molar-refractivity contribution is 5.83. The minimum absolute atomic E-state index is 0.0251. The fraction of sp³-hybridized carbons (Fsp3) is 0.464. The first-order chi connectivity index (χ1) is 17.3. The summed E-state index contributed by atoms with van der Waals surface area (Å²) in [4.78, 5) is 30.4. The van der Waals surface area contributed by atoms with E-state index in [0.29, 0.717) is 19.0 Å². The molecule has 0 aliphatic carbocycles. The maximum Gasteiger partial charge on any atom is 0.350 e. The second-order valence-electron chi connectivity index (χ2n) is 10.2. The number of hydrogen-bond acceptors (Lipinski definition) is 5. The molecule has 3 aromatic rings. The Balaban J connectivity index is 1.38. The van der Waals surface area contributed by atoms with Gasteiger partial charge < -0.3 is 10.2 Å². The summed E-state index contributed by atoms with van der Waals surface area (Å²) in [5.41, 5.74) is 2.88. The summed E-state index contributed by atoms with van der Waals surface area (Å²) in [5, 5.41) is 7.34. The standard InChI is InChI=1S/C28H38N6O2/c1-21(2)18-29-27(35)26(23-8-6-5-7-9-23)19-31-14-16-32(17-15-31)24-10-12-25(13-11-24)33-20-30-34(22(3)4)28(33)36/h5-13,20-22,26H,14-19H2,1-4H3,(H,29,35). The van der Waals surface area contributed by atoms with Crippen LogP contribution >= 0.6 is 0 Å². The van der Waals surface area contributed by atoms with E-state index in [2.05, 4.69) is 46.2 Å². The summed E-state index contributed by atoms with van der Waals surface area (Å²) >= 11 is 0. The van der Waals surface area contributed by atoms with E-state index in [9.17, 15) is 9.59 Å². The second kappa shape index (κ2) is 11.6. The molecule has 8 nitrogen and oxygen atoms in total. The number of carbonyl (C=O) groups is 1. The highest BCUT2D eigenvalue weighted by Gasteiger charge is 2.26. The SMILES string of the molecule is CC(C)CNC(=O)C(CN1CCN(c2ccc(-n3cnn(C(C)C)c3=O)cc2)CC1)c1ccccc1. The molecule has 2 heterocycles. The van der Waals surface area contributed by atoms with Crippen LogP contribution in [0.3, 0.4) is 0 Å². The maximum absolute atomic E-state index is 13.0. The molecule has 1 aromatic heterocycles. The summed E-state index contributed by atoms with van der Waals surface area (Å²) < 4.78 is 3.06. The molecule has 0 radical (unpaired) electrons. The van der Waals surface area contributed by atoms with Crippen molar-refractivity contribution >= 4 is 11.6 Å². The first-order valence-corrected chi connectivity index (χ1v) is 12.9. The molecule has 2 aromatic carbocycles. The zero-order valence-electron chi connectivity index (χ0n) is 21.8. The van der Waals surface area contributed by atoms with Gasteiger partial charge in [0.15, 0.2) is 0 Å². The van der Waals surface area contributed by atoms with Gasteiger partial charge in [-0.2, -0.15) is 5.10 Å². The van der Waals surface area contributed by atoms with Gasteiger partial charge in [-0.1, -0.05) is 44.2 Å². The van der Waals surface area contributed by atoms with Crippen molar-refractivity contribution in [3.05, 3.63) is 77.0 Å². The highest BCUT2D eigenvalue weighted by Crippen LogP contribution is 2.22. The van der Waals surface area contributed by atoms with Crippen molar-refractivity contribution in [3.63, 3.8) is 0 Å². The highest BCUT2D eigenvalue weighted by atomic mass is 16.2. The third kappa shape index (κ3) is 6.05. The van der Waals surface area contributed by atoms with Crippen LogP contribution in [0.15, 0.2) is 65.7 Å². The van der Waals surface area contributed by atoms with Crippen molar-refractivity contribution in [2.45, 2.75) is 39.7 Å². The van der Waals surface area contributed by atoms with Gasteiger partial charge in [-0.3, -0.25) is 9.69 Å². The molecule has 192 valence electrons. The van der Waals surface area contributed by atoms with Crippen molar-refractivity contribution in [1.82, 2.24) is 24.6 Å². The van der Waals surface area contributed by atoms with Crippen LogP contribution in [-0.2, 0) is 4.79 Å². The molecule has 1 fully saturated rings. The van der Waals surface area contributed by atoms with Gasteiger partial charge in [-0.15, -0.1) is 0 Å². The molecule has 0 bridgehead atoms. The molecule has 0 spiro atoms. The minimum Gasteiger partial charge on any atom is -0.369 e. The van der Waals surface area contributed by atoms with Crippen molar-refractivity contribution in [3.8, 4) is 5.69 Å². The second-order valence-corrected chi connectivity index (χ2v) is 10.2. The predicted octanol–water partition coefficient (Wildman–Crippen LogP) is 3.29. The van der Waals surface area contributed by atoms with Gasteiger partial charge in [0.2, 0.25) is 5.91 Å². The average molecular weight is 491 g/mol. The van der Waals surface area contributed by atoms with E-state index in [0.717, 1.165) is 43.1 Å². The van der Waals surface area contributed by atoms with Gasteiger partial charge in [0, 0.05) is 45.0 Å². The summed E-state index contributed by atoms with van der Waals surface area (Å²) in [5.74, 6) is 0.343. The van der Waals surface area contributed by atoms with E-state index >= 15 is 0 Å². The first kappa shape index (κ1) is 25.7. The normalized spacial score (nSPS) is 15.4. The van der Waals surface area contributed by atoms with Gasteiger partial charge in [0.1, 0.15) is 6.33 Å². The van der Waals surface area contributed by atoms with Crippen LogP contribution in [0.4, 0.5) is 5.69 Å². The summed E-state index contributed by atoms with van der Waals surface area (Å²) in [6.07, 6.45) is 1.58. The lowest BCUT2D eigenvalue weighted by Gasteiger charge is -2.37. The molecule has 1 amide bonds. The third-order valence-corrected chi connectivity index (χ3v) is 6.69. The molecule has 36 heavy (non-hydrogen) atoms. The van der Waals surface area contributed by atoms with Crippen LogP contribution in [0.2, 0.25) is 0 Å². The van der Waals surface area contributed by atoms with Crippen molar-refractivity contribution in [2.75, 3.05) is 44.2 Å². The fourth-order valence-electron chi connectivity index (χ4n) is 4.57. The Morgan fingerprint density at radius 3 is 2.14 bits per heavy atom. The van der Waals surface area contributed by atoms with Crippen molar-refractivity contribution < 1.29 is 4.79 Å². The fourth-order valence-corrected chi connectivity index (χ4v) is 4.57. The van der Waals surface area contributed by atoms with Gasteiger partial charge in [-0.05, 0) is 49.6 Å². The van der Waals surface area contributed by atoms with Gasteiger partial charge in [0.05, 0.1) is 17.6 Å². The summed E-state index contributed by atoms with van der Waals surface area (Å²) in [6, 6.07) is 18.2. The first-order valence-electron chi connectivity index (χ1n) is 12.9. The van der Waals surface area contributed by atoms with Gasteiger partial charge in [0.25, 0.3) is 0 Å². The Kier molecular flexibility index (Phi) is 8.25. The molecule has 1 saturated heterocycles. The van der Waals surface area contributed by atoms with E-state index in [1.165, 1.54) is 4.68 Å².